The van der Waals surface area contributed by atoms with Crippen LogP contribution in [0.25, 0.3) is 0 Å². The highest BCUT2D eigenvalue weighted by atomic mass is 16.5. The van der Waals surface area contributed by atoms with E-state index in [1.165, 1.54) is 0 Å². The molecule has 0 fully saturated rings. The number of hydrogen-bond donors (Lipinski definition) is 1. The number of benzene rings is 1. The van der Waals surface area contributed by atoms with Crippen LogP contribution >= 0.6 is 0 Å². The quantitative estimate of drug-likeness (QED) is 0.878. The van der Waals surface area contributed by atoms with Crippen molar-refractivity contribution in [3.63, 3.8) is 0 Å². The molecule has 1 aromatic heterocycles. The number of esters is 1. The lowest BCUT2D eigenvalue weighted by Gasteiger charge is -2.24. The molecule has 1 aromatic carbocycles. The van der Waals surface area contributed by atoms with Gasteiger partial charge in [0.15, 0.2) is 6.10 Å². The van der Waals surface area contributed by atoms with Gasteiger partial charge in [-0.25, -0.2) is 4.79 Å². The van der Waals surface area contributed by atoms with Crippen molar-refractivity contribution in [2.24, 2.45) is 0 Å². The van der Waals surface area contributed by atoms with Gasteiger partial charge in [0, 0.05) is 6.42 Å². The lowest BCUT2D eigenvalue weighted by molar-refractivity contribution is -0.131. The van der Waals surface area contributed by atoms with Gasteiger partial charge < -0.3 is 14.5 Å². The fraction of sp³-hybridized carbons (Fsp3) is 0.250. The minimum Gasteiger partial charge on any atom is -0.467 e. The molecular weight excluding hydrogens is 270 g/mol. The van der Waals surface area contributed by atoms with E-state index in [2.05, 4.69) is 5.32 Å². The maximum atomic E-state index is 12.2. The van der Waals surface area contributed by atoms with E-state index < -0.39 is 12.1 Å². The number of nitrogens with one attached hydrogen (secondary N) is 1. The van der Waals surface area contributed by atoms with Gasteiger partial charge in [-0.05, 0) is 30.7 Å². The minimum absolute atomic E-state index is 0.275. The average molecular weight is 285 g/mol. The van der Waals surface area contributed by atoms with Crippen LogP contribution in [0.1, 0.15) is 34.6 Å². The fourth-order valence-corrected chi connectivity index (χ4v) is 2.39. The highest BCUT2D eigenvalue weighted by Gasteiger charge is 2.31. The summed E-state index contributed by atoms with van der Waals surface area (Å²) in [4.78, 5) is 24.1. The van der Waals surface area contributed by atoms with E-state index in [0.29, 0.717) is 17.7 Å². The largest absolute Gasteiger partial charge is 0.467 e. The first-order valence-electron chi connectivity index (χ1n) is 6.78. The number of fused-ring (bicyclic) bond motifs is 1. The van der Waals surface area contributed by atoms with Crippen LogP contribution in [0.4, 0.5) is 0 Å². The molecule has 0 aliphatic carbocycles. The summed E-state index contributed by atoms with van der Waals surface area (Å²) in [6, 6.07) is 10.4. The van der Waals surface area contributed by atoms with Crippen LogP contribution < -0.4 is 5.32 Å². The van der Waals surface area contributed by atoms with Crippen LogP contribution in [0.2, 0.25) is 0 Å². The summed E-state index contributed by atoms with van der Waals surface area (Å²) in [6.45, 7) is 1.81. The van der Waals surface area contributed by atoms with Crippen molar-refractivity contribution in [2.45, 2.75) is 25.5 Å². The number of carbonyl (C=O) groups excluding carboxylic acids is 2. The predicted octanol–water partition coefficient (Wildman–Crippen LogP) is 2.24. The van der Waals surface area contributed by atoms with Crippen molar-refractivity contribution >= 4 is 11.9 Å². The first kappa shape index (κ1) is 13.4. The van der Waals surface area contributed by atoms with Gasteiger partial charge in [0.2, 0.25) is 0 Å². The van der Waals surface area contributed by atoms with E-state index in [1.807, 2.05) is 19.1 Å². The number of ether oxygens (including phenoxy) is 1. The zero-order valence-electron chi connectivity index (χ0n) is 11.5. The van der Waals surface area contributed by atoms with Crippen molar-refractivity contribution in [3.05, 3.63) is 59.5 Å². The molecule has 1 aliphatic heterocycles. The first-order valence-corrected chi connectivity index (χ1v) is 6.78. The summed E-state index contributed by atoms with van der Waals surface area (Å²) in [5.74, 6) is -0.115. The van der Waals surface area contributed by atoms with Crippen molar-refractivity contribution in [3.8, 4) is 0 Å². The van der Waals surface area contributed by atoms with Crippen molar-refractivity contribution in [2.75, 3.05) is 0 Å². The molecule has 108 valence electrons. The van der Waals surface area contributed by atoms with Crippen molar-refractivity contribution in [1.29, 1.82) is 0 Å². The predicted molar refractivity (Wildman–Crippen MR) is 74.6 cm³/mol. The third-order valence-electron chi connectivity index (χ3n) is 3.51. The number of amides is 1. The van der Waals surface area contributed by atoms with Crippen LogP contribution in [-0.4, -0.2) is 18.0 Å². The van der Waals surface area contributed by atoms with E-state index >= 15 is 0 Å². The normalized spacial score (nSPS) is 18.5. The summed E-state index contributed by atoms with van der Waals surface area (Å²) in [6.07, 6.45) is 1.14. The summed E-state index contributed by atoms with van der Waals surface area (Å²) >= 11 is 0. The third-order valence-corrected chi connectivity index (χ3v) is 3.51. The molecule has 1 amide bonds. The smallest absolute Gasteiger partial charge is 0.339 e. The molecule has 3 rings (SSSR count). The highest BCUT2D eigenvalue weighted by Crippen LogP contribution is 2.21. The third kappa shape index (κ3) is 2.67. The lowest BCUT2D eigenvalue weighted by atomic mass is 9.98. The number of furan rings is 1. The van der Waals surface area contributed by atoms with Gasteiger partial charge in [-0.3, -0.25) is 4.79 Å². The number of cyclic esters (lactones) is 1. The van der Waals surface area contributed by atoms with E-state index in [-0.39, 0.29) is 11.9 Å². The summed E-state index contributed by atoms with van der Waals surface area (Å²) in [5, 5.41) is 2.79. The Balaban J connectivity index is 1.71. The molecule has 1 N–H and O–H groups in total. The molecule has 2 atom stereocenters. The lowest BCUT2D eigenvalue weighted by Crippen LogP contribution is -2.42. The van der Waals surface area contributed by atoms with Gasteiger partial charge in [-0.2, -0.15) is 0 Å². The molecule has 5 heteroatoms. The highest BCUT2D eigenvalue weighted by molar-refractivity contribution is 5.95. The molecular formula is C16H15NO4. The molecule has 0 bridgehead atoms. The van der Waals surface area contributed by atoms with Crippen LogP contribution in [0.3, 0.4) is 0 Å². The number of hydrogen-bond acceptors (Lipinski definition) is 4. The Morgan fingerprint density at radius 3 is 2.86 bits per heavy atom. The monoisotopic (exact) mass is 285 g/mol. The van der Waals surface area contributed by atoms with E-state index in [4.69, 9.17) is 9.15 Å². The second kappa shape index (κ2) is 5.44. The Hall–Kier alpha value is -2.56. The summed E-state index contributed by atoms with van der Waals surface area (Å²) in [7, 11) is 0. The van der Waals surface area contributed by atoms with Crippen molar-refractivity contribution in [1.82, 2.24) is 5.32 Å². The second-order valence-corrected chi connectivity index (χ2v) is 5.00. The molecule has 21 heavy (non-hydrogen) atoms. The maximum absolute atomic E-state index is 12.2. The van der Waals surface area contributed by atoms with Crippen LogP contribution in [-0.2, 0) is 16.0 Å². The zero-order chi connectivity index (χ0) is 14.8. The van der Waals surface area contributed by atoms with Crippen molar-refractivity contribution < 1.29 is 18.7 Å². The molecule has 0 radical (unpaired) electrons. The Morgan fingerprint density at radius 2 is 2.10 bits per heavy atom. The topological polar surface area (TPSA) is 68.5 Å². The second-order valence-electron chi connectivity index (χ2n) is 5.00. The molecule has 2 heterocycles. The SMILES string of the molecule is C[C@@H](NC(=O)[C@@H]1Cc2ccccc2C(=O)O1)c1ccco1. The molecule has 0 saturated heterocycles. The Kier molecular flexibility index (Phi) is 3.48. The standard InChI is InChI=1S/C16H15NO4/c1-10(13-7-4-8-20-13)17-15(18)14-9-11-5-2-3-6-12(11)16(19)21-14/h2-8,10,14H,9H2,1H3,(H,17,18)/t10-,14+/m1/s1. The minimum atomic E-state index is -0.801. The van der Waals surface area contributed by atoms with E-state index in [9.17, 15) is 9.59 Å². The van der Waals surface area contributed by atoms with Gasteiger partial charge in [-0.1, -0.05) is 18.2 Å². The summed E-state index contributed by atoms with van der Waals surface area (Å²) in [5.41, 5.74) is 1.36. The number of rotatable bonds is 3. The maximum Gasteiger partial charge on any atom is 0.339 e. The van der Waals surface area contributed by atoms with Crippen LogP contribution in [0.5, 0.6) is 0 Å². The molecule has 2 aromatic rings. The zero-order valence-corrected chi connectivity index (χ0v) is 11.5. The van der Waals surface area contributed by atoms with E-state index in [1.54, 1.807) is 30.5 Å². The summed E-state index contributed by atoms with van der Waals surface area (Å²) < 4.78 is 10.4. The van der Waals surface area contributed by atoms with Gasteiger partial charge in [-0.15, -0.1) is 0 Å². The Labute approximate surface area is 121 Å². The molecule has 0 spiro atoms. The Morgan fingerprint density at radius 1 is 1.29 bits per heavy atom. The van der Waals surface area contributed by atoms with E-state index in [0.717, 1.165) is 5.56 Å². The van der Waals surface area contributed by atoms with Crippen LogP contribution in [0.15, 0.2) is 47.1 Å². The van der Waals surface area contributed by atoms with Gasteiger partial charge >= 0.3 is 5.97 Å². The molecule has 1 aliphatic rings. The molecule has 5 nitrogen and oxygen atoms in total. The van der Waals surface area contributed by atoms with Crippen LogP contribution in [0, 0.1) is 0 Å². The molecule has 0 unspecified atom stereocenters. The fourth-order valence-electron chi connectivity index (χ4n) is 2.39. The average Bonchev–Trinajstić information content (AvgIpc) is 3.01. The molecule has 0 saturated carbocycles. The number of carbonyl (C=O) groups is 2. The van der Waals surface area contributed by atoms with Gasteiger partial charge in [0.1, 0.15) is 5.76 Å². The first-order chi connectivity index (χ1) is 10.1. The Bertz CT molecular complexity index is 663. The van der Waals surface area contributed by atoms with Gasteiger partial charge in [0.25, 0.3) is 5.91 Å². The van der Waals surface area contributed by atoms with Gasteiger partial charge in [0.05, 0.1) is 17.9 Å².